The number of aromatic nitrogens is 2. The van der Waals surface area contributed by atoms with Crippen LogP contribution in [-0.2, 0) is 13.0 Å². The molecule has 3 rings (SSSR count). The predicted octanol–water partition coefficient (Wildman–Crippen LogP) is 4.20. The smallest absolute Gasteiger partial charge is 0.119 e. The molecule has 2 N–H and O–H groups in total. The van der Waals surface area contributed by atoms with Crippen molar-refractivity contribution in [3.8, 4) is 17.0 Å². The van der Waals surface area contributed by atoms with Gasteiger partial charge >= 0.3 is 0 Å². The standard InChI is InChI=1S/C26H37N5O/c1-5-21-8-7-9-25(18-21)32-17-16-31(6-2)24-12-10-22(11-13-24)26-23(19-28-29-26)20-30(4)15-14-27-3/h7-13,18-19,27H,5-6,14-17,20H2,1-4H3,(H,28,29). The molecular weight excluding hydrogens is 398 g/mol. The number of H-pyrrole nitrogens is 1. The van der Waals surface area contributed by atoms with Crippen LogP contribution in [0.2, 0.25) is 0 Å². The average Bonchev–Trinajstić information content (AvgIpc) is 3.28. The minimum atomic E-state index is 0.659. The summed E-state index contributed by atoms with van der Waals surface area (Å²) in [4.78, 5) is 4.64. The summed E-state index contributed by atoms with van der Waals surface area (Å²) in [5.41, 5.74) is 5.97. The van der Waals surface area contributed by atoms with Crippen molar-refractivity contribution in [2.24, 2.45) is 0 Å². The molecule has 0 radical (unpaired) electrons. The molecule has 6 heteroatoms. The molecule has 0 amide bonds. The molecule has 0 fully saturated rings. The minimum absolute atomic E-state index is 0.659. The molecule has 2 aromatic carbocycles. The summed E-state index contributed by atoms with van der Waals surface area (Å²) in [5.74, 6) is 0.946. The van der Waals surface area contributed by atoms with E-state index in [0.29, 0.717) is 6.61 Å². The van der Waals surface area contributed by atoms with Crippen LogP contribution in [0.25, 0.3) is 11.3 Å². The average molecular weight is 436 g/mol. The van der Waals surface area contributed by atoms with Gasteiger partial charge in [0, 0.05) is 43.0 Å². The number of hydrogen-bond donors (Lipinski definition) is 2. The molecule has 0 saturated carbocycles. The summed E-state index contributed by atoms with van der Waals surface area (Å²) in [7, 11) is 4.12. The fourth-order valence-electron chi connectivity index (χ4n) is 3.79. The molecule has 0 unspecified atom stereocenters. The lowest BCUT2D eigenvalue weighted by molar-refractivity contribution is 0.324. The van der Waals surface area contributed by atoms with Crippen molar-refractivity contribution in [1.82, 2.24) is 20.4 Å². The van der Waals surface area contributed by atoms with Crippen LogP contribution in [0.5, 0.6) is 5.75 Å². The monoisotopic (exact) mass is 435 g/mol. The molecular formula is C26H37N5O. The van der Waals surface area contributed by atoms with E-state index >= 15 is 0 Å². The third-order valence-corrected chi connectivity index (χ3v) is 5.74. The lowest BCUT2D eigenvalue weighted by atomic mass is 10.1. The normalized spacial score (nSPS) is 11.2. The summed E-state index contributed by atoms with van der Waals surface area (Å²) < 4.78 is 6.00. The number of likely N-dealkylation sites (N-methyl/N-ethyl adjacent to an activating group) is 3. The molecule has 1 heterocycles. The SMILES string of the molecule is CCc1cccc(OCCN(CC)c2ccc(-c3[nH]ncc3CN(C)CCNC)cc2)c1. The third kappa shape index (κ3) is 6.58. The van der Waals surface area contributed by atoms with E-state index in [4.69, 9.17) is 4.74 Å². The Morgan fingerprint density at radius 1 is 1.06 bits per heavy atom. The number of hydrogen-bond acceptors (Lipinski definition) is 5. The summed E-state index contributed by atoms with van der Waals surface area (Å²) in [6.45, 7) is 9.62. The molecule has 0 bridgehead atoms. The van der Waals surface area contributed by atoms with Crippen molar-refractivity contribution in [2.75, 3.05) is 51.8 Å². The first kappa shape index (κ1) is 23.8. The molecule has 0 saturated heterocycles. The number of benzene rings is 2. The molecule has 0 aliphatic carbocycles. The summed E-state index contributed by atoms with van der Waals surface area (Å²) >= 11 is 0. The first-order chi connectivity index (χ1) is 15.6. The zero-order valence-corrected chi connectivity index (χ0v) is 19.9. The number of rotatable bonds is 13. The van der Waals surface area contributed by atoms with Gasteiger partial charge in [-0.2, -0.15) is 5.10 Å². The second-order valence-corrected chi connectivity index (χ2v) is 8.09. The number of nitrogens with one attached hydrogen (secondary N) is 2. The minimum Gasteiger partial charge on any atom is -0.492 e. The van der Waals surface area contributed by atoms with E-state index in [-0.39, 0.29) is 0 Å². The van der Waals surface area contributed by atoms with Crippen LogP contribution in [0.1, 0.15) is 25.0 Å². The van der Waals surface area contributed by atoms with E-state index < -0.39 is 0 Å². The molecule has 172 valence electrons. The van der Waals surface area contributed by atoms with Gasteiger partial charge in [-0.25, -0.2) is 0 Å². The van der Waals surface area contributed by atoms with Crippen LogP contribution in [-0.4, -0.2) is 62.0 Å². The van der Waals surface area contributed by atoms with Crippen LogP contribution in [0, 0.1) is 0 Å². The molecule has 32 heavy (non-hydrogen) atoms. The summed E-state index contributed by atoms with van der Waals surface area (Å²) in [6, 6.07) is 17.1. The van der Waals surface area contributed by atoms with Gasteiger partial charge in [0.1, 0.15) is 12.4 Å². The maximum absolute atomic E-state index is 6.00. The van der Waals surface area contributed by atoms with E-state index in [9.17, 15) is 0 Å². The molecule has 0 atom stereocenters. The van der Waals surface area contributed by atoms with Gasteiger partial charge in [0.15, 0.2) is 0 Å². The number of aromatic amines is 1. The van der Waals surface area contributed by atoms with Crippen LogP contribution >= 0.6 is 0 Å². The fraction of sp³-hybridized carbons (Fsp3) is 0.423. The predicted molar refractivity (Wildman–Crippen MR) is 133 cm³/mol. The Morgan fingerprint density at radius 2 is 1.88 bits per heavy atom. The van der Waals surface area contributed by atoms with Crippen molar-refractivity contribution < 1.29 is 4.74 Å². The van der Waals surface area contributed by atoms with Gasteiger partial charge in [-0.1, -0.05) is 31.2 Å². The lowest BCUT2D eigenvalue weighted by Gasteiger charge is -2.23. The summed E-state index contributed by atoms with van der Waals surface area (Å²) in [6.07, 6.45) is 2.96. The second-order valence-electron chi connectivity index (χ2n) is 8.09. The topological polar surface area (TPSA) is 56.4 Å². The van der Waals surface area contributed by atoms with Crippen LogP contribution < -0.4 is 15.0 Å². The van der Waals surface area contributed by atoms with Crippen LogP contribution in [0.4, 0.5) is 5.69 Å². The zero-order valence-electron chi connectivity index (χ0n) is 19.9. The molecule has 3 aromatic rings. The number of nitrogens with zero attached hydrogens (tertiary/aromatic N) is 3. The van der Waals surface area contributed by atoms with Gasteiger partial charge in [-0.3, -0.25) is 5.10 Å². The Balaban J connectivity index is 1.60. The number of aryl methyl sites for hydroxylation is 1. The Hall–Kier alpha value is -2.83. The van der Waals surface area contributed by atoms with E-state index in [1.807, 2.05) is 19.3 Å². The van der Waals surface area contributed by atoms with E-state index in [0.717, 1.165) is 56.2 Å². The van der Waals surface area contributed by atoms with Gasteiger partial charge in [0.2, 0.25) is 0 Å². The Kier molecular flexibility index (Phi) is 9.13. The quantitative estimate of drug-likeness (QED) is 0.422. The van der Waals surface area contributed by atoms with Gasteiger partial charge in [-0.15, -0.1) is 0 Å². The molecule has 0 aliphatic heterocycles. The zero-order chi connectivity index (χ0) is 22.8. The Morgan fingerprint density at radius 3 is 2.59 bits per heavy atom. The van der Waals surface area contributed by atoms with E-state index in [1.165, 1.54) is 16.8 Å². The lowest BCUT2D eigenvalue weighted by Crippen LogP contribution is -2.28. The Labute approximate surface area is 192 Å². The van der Waals surface area contributed by atoms with Crippen LogP contribution in [0.3, 0.4) is 0 Å². The van der Waals surface area contributed by atoms with Crippen LogP contribution in [0.15, 0.2) is 54.7 Å². The number of anilines is 1. The highest BCUT2D eigenvalue weighted by Crippen LogP contribution is 2.25. The maximum atomic E-state index is 6.00. The first-order valence-corrected chi connectivity index (χ1v) is 11.6. The first-order valence-electron chi connectivity index (χ1n) is 11.6. The van der Waals surface area contributed by atoms with E-state index in [2.05, 4.69) is 88.7 Å². The Bertz CT molecular complexity index is 937. The van der Waals surface area contributed by atoms with Gasteiger partial charge in [0.05, 0.1) is 18.4 Å². The van der Waals surface area contributed by atoms with E-state index in [1.54, 1.807) is 0 Å². The highest BCUT2D eigenvalue weighted by Gasteiger charge is 2.11. The number of ether oxygens (including phenoxy) is 1. The van der Waals surface area contributed by atoms with Gasteiger partial charge in [-0.05, 0) is 57.3 Å². The van der Waals surface area contributed by atoms with Crippen molar-refractivity contribution in [3.63, 3.8) is 0 Å². The van der Waals surface area contributed by atoms with Crippen molar-refractivity contribution in [2.45, 2.75) is 26.8 Å². The third-order valence-electron chi connectivity index (χ3n) is 5.74. The second kappa shape index (κ2) is 12.3. The maximum Gasteiger partial charge on any atom is 0.119 e. The molecule has 1 aromatic heterocycles. The largest absolute Gasteiger partial charge is 0.492 e. The fourth-order valence-corrected chi connectivity index (χ4v) is 3.79. The summed E-state index contributed by atoms with van der Waals surface area (Å²) in [5, 5.41) is 10.7. The molecule has 0 aliphatic rings. The van der Waals surface area contributed by atoms with Gasteiger partial charge < -0.3 is 19.9 Å². The van der Waals surface area contributed by atoms with Crippen molar-refractivity contribution in [1.29, 1.82) is 0 Å². The molecule has 6 nitrogen and oxygen atoms in total. The van der Waals surface area contributed by atoms with Crippen molar-refractivity contribution >= 4 is 5.69 Å². The highest BCUT2D eigenvalue weighted by molar-refractivity contribution is 5.65. The van der Waals surface area contributed by atoms with Crippen molar-refractivity contribution in [3.05, 3.63) is 65.9 Å². The van der Waals surface area contributed by atoms with Gasteiger partial charge in [0.25, 0.3) is 0 Å². The highest BCUT2D eigenvalue weighted by atomic mass is 16.5. The molecule has 0 spiro atoms.